The fraction of sp³-hybridized carbons (Fsp3) is 0.462. The highest BCUT2D eigenvalue weighted by Gasteiger charge is 2.21. The molecule has 0 radical (unpaired) electrons. The first-order chi connectivity index (χ1) is 9.40. The van der Waals surface area contributed by atoms with Crippen LogP contribution in [0.15, 0.2) is 23.1 Å². The summed E-state index contributed by atoms with van der Waals surface area (Å²) >= 11 is 0. The average Bonchev–Trinajstić information content (AvgIpc) is 2.44. The minimum absolute atomic E-state index is 0.107. The van der Waals surface area contributed by atoms with E-state index in [2.05, 4.69) is 4.72 Å². The van der Waals surface area contributed by atoms with Crippen LogP contribution in [-0.4, -0.2) is 37.2 Å². The Morgan fingerprint density at radius 1 is 1.25 bits per heavy atom. The Morgan fingerprint density at radius 3 is 2.55 bits per heavy atom. The summed E-state index contributed by atoms with van der Waals surface area (Å²) in [6.07, 6.45) is 2.23. The van der Waals surface area contributed by atoms with Crippen molar-refractivity contribution in [3.8, 4) is 0 Å². The Morgan fingerprint density at radius 2 is 1.90 bits per heavy atom. The summed E-state index contributed by atoms with van der Waals surface area (Å²) in [5.41, 5.74) is 2.19. The standard InChI is InChI=1S/C13H17NO5S/c15-12(13(16)17)8-14-20(18,19)11-6-5-9-3-1-2-4-10(9)7-11/h5-7,12,14-15H,1-4,8H2,(H,16,17)/t12-/m0/s1. The molecule has 2 rings (SSSR count). The number of rotatable bonds is 5. The summed E-state index contributed by atoms with van der Waals surface area (Å²) in [7, 11) is -3.80. The number of carboxylic acids is 1. The lowest BCUT2D eigenvalue weighted by molar-refractivity contribution is -0.146. The van der Waals surface area contributed by atoms with E-state index in [1.807, 2.05) is 0 Å². The van der Waals surface area contributed by atoms with Crippen LogP contribution in [0, 0.1) is 0 Å². The molecule has 1 aliphatic carbocycles. The Kier molecular flexibility index (Phi) is 4.42. The van der Waals surface area contributed by atoms with E-state index < -0.39 is 28.6 Å². The summed E-state index contributed by atoms with van der Waals surface area (Å²) in [6.45, 7) is -0.547. The number of aliphatic hydroxyl groups is 1. The zero-order chi connectivity index (χ0) is 14.8. The maximum absolute atomic E-state index is 12.0. The van der Waals surface area contributed by atoms with E-state index in [-0.39, 0.29) is 4.90 Å². The first-order valence-electron chi connectivity index (χ1n) is 6.42. The Balaban J connectivity index is 2.15. The molecule has 1 aromatic carbocycles. The van der Waals surface area contributed by atoms with Crippen LogP contribution < -0.4 is 4.72 Å². The highest BCUT2D eigenvalue weighted by atomic mass is 32.2. The topological polar surface area (TPSA) is 104 Å². The van der Waals surface area contributed by atoms with Gasteiger partial charge in [-0.05, 0) is 48.9 Å². The Bertz CT molecular complexity index is 611. The molecule has 0 fully saturated rings. The second-order valence-electron chi connectivity index (χ2n) is 4.84. The summed E-state index contributed by atoms with van der Waals surface area (Å²) in [5, 5.41) is 17.6. The lowest BCUT2D eigenvalue weighted by atomic mass is 9.92. The van der Waals surface area contributed by atoms with Crippen LogP contribution in [0.2, 0.25) is 0 Å². The largest absolute Gasteiger partial charge is 0.479 e. The van der Waals surface area contributed by atoms with Crippen molar-refractivity contribution >= 4 is 16.0 Å². The van der Waals surface area contributed by atoms with Gasteiger partial charge in [0.15, 0.2) is 6.10 Å². The number of nitrogens with one attached hydrogen (secondary N) is 1. The summed E-state index contributed by atoms with van der Waals surface area (Å²) < 4.78 is 26.2. The van der Waals surface area contributed by atoms with Gasteiger partial charge >= 0.3 is 5.97 Å². The van der Waals surface area contributed by atoms with Gasteiger partial charge in [-0.15, -0.1) is 0 Å². The van der Waals surface area contributed by atoms with E-state index in [0.717, 1.165) is 31.2 Å². The molecule has 1 aromatic rings. The third-order valence-electron chi connectivity index (χ3n) is 3.38. The number of carboxylic acid groups (broad SMARTS) is 1. The first kappa shape index (κ1) is 15.0. The molecule has 6 nitrogen and oxygen atoms in total. The maximum atomic E-state index is 12.0. The Hall–Kier alpha value is -1.44. The number of aryl methyl sites for hydroxylation is 2. The van der Waals surface area contributed by atoms with Crippen molar-refractivity contribution in [2.45, 2.75) is 36.7 Å². The number of aliphatic carboxylic acids is 1. The van der Waals surface area contributed by atoms with Crippen LogP contribution >= 0.6 is 0 Å². The molecule has 0 saturated carbocycles. The molecule has 0 saturated heterocycles. The SMILES string of the molecule is O=C(O)[C@@H](O)CNS(=O)(=O)c1ccc2c(c1)CCCC2. The van der Waals surface area contributed by atoms with Crippen molar-refractivity contribution in [3.05, 3.63) is 29.3 Å². The number of benzene rings is 1. The number of fused-ring (bicyclic) bond motifs is 1. The van der Waals surface area contributed by atoms with Gasteiger partial charge in [0.1, 0.15) is 0 Å². The molecule has 1 atom stereocenters. The smallest absolute Gasteiger partial charge is 0.333 e. The molecular formula is C13H17NO5S. The van der Waals surface area contributed by atoms with Gasteiger partial charge in [-0.3, -0.25) is 0 Å². The van der Waals surface area contributed by atoms with Gasteiger partial charge in [-0.1, -0.05) is 6.07 Å². The summed E-state index contributed by atoms with van der Waals surface area (Å²) in [5.74, 6) is -1.46. The van der Waals surface area contributed by atoms with Gasteiger partial charge < -0.3 is 10.2 Å². The van der Waals surface area contributed by atoms with Crippen LogP contribution in [0.25, 0.3) is 0 Å². The van der Waals surface area contributed by atoms with E-state index in [9.17, 15) is 13.2 Å². The maximum Gasteiger partial charge on any atom is 0.333 e. The van der Waals surface area contributed by atoms with E-state index in [1.54, 1.807) is 12.1 Å². The van der Waals surface area contributed by atoms with E-state index in [0.29, 0.717) is 0 Å². The fourth-order valence-electron chi connectivity index (χ4n) is 2.24. The van der Waals surface area contributed by atoms with Crippen molar-refractivity contribution < 1.29 is 23.4 Å². The molecule has 0 amide bonds. The van der Waals surface area contributed by atoms with E-state index in [1.165, 1.54) is 11.6 Å². The predicted molar refractivity (Wildman–Crippen MR) is 71.9 cm³/mol. The number of sulfonamides is 1. The monoisotopic (exact) mass is 299 g/mol. The van der Waals surface area contributed by atoms with Gasteiger partial charge in [0.05, 0.1) is 4.90 Å². The molecule has 7 heteroatoms. The third kappa shape index (κ3) is 3.36. The first-order valence-corrected chi connectivity index (χ1v) is 7.91. The molecule has 110 valence electrons. The zero-order valence-electron chi connectivity index (χ0n) is 10.9. The fourth-order valence-corrected chi connectivity index (χ4v) is 3.32. The minimum atomic E-state index is -3.80. The molecule has 0 aromatic heterocycles. The van der Waals surface area contributed by atoms with Crippen molar-refractivity contribution in [2.75, 3.05) is 6.54 Å². The van der Waals surface area contributed by atoms with Crippen LogP contribution in [0.4, 0.5) is 0 Å². The van der Waals surface area contributed by atoms with E-state index in [4.69, 9.17) is 10.2 Å². The molecule has 3 N–H and O–H groups in total. The van der Waals surface area contributed by atoms with Crippen molar-refractivity contribution in [3.63, 3.8) is 0 Å². The second-order valence-corrected chi connectivity index (χ2v) is 6.61. The van der Waals surface area contributed by atoms with E-state index >= 15 is 0 Å². The number of hydrogen-bond donors (Lipinski definition) is 3. The van der Waals surface area contributed by atoms with Gasteiger partial charge in [0.2, 0.25) is 10.0 Å². The van der Waals surface area contributed by atoms with Gasteiger partial charge in [-0.25, -0.2) is 17.9 Å². The minimum Gasteiger partial charge on any atom is -0.479 e. The predicted octanol–water partition coefficient (Wildman–Crippen LogP) is 0.289. The molecular weight excluding hydrogens is 282 g/mol. The van der Waals surface area contributed by atoms with Crippen molar-refractivity contribution in [2.24, 2.45) is 0 Å². The van der Waals surface area contributed by atoms with Gasteiger partial charge in [-0.2, -0.15) is 0 Å². The molecule has 0 spiro atoms. The van der Waals surface area contributed by atoms with Crippen LogP contribution in [0.3, 0.4) is 0 Å². The quantitative estimate of drug-likeness (QED) is 0.725. The number of carbonyl (C=O) groups is 1. The number of aliphatic hydroxyl groups excluding tert-OH is 1. The molecule has 0 aliphatic heterocycles. The highest BCUT2D eigenvalue weighted by Crippen LogP contribution is 2.23. The van der Waals surface area contributed by atoms with Crippen LogP contribution in [0.1, 0.15) is 24.0 Å². The summed E-state index contributed by atoms with van der Waals surface area (Å²) in [6, 6.07) is 4.94. The summed E-state index contributed by atoms with van der Waals surface area (Å²) in [4.78, 5) is 10.6. The van der Waals surface area contributed by atoms with Crippen molar-refractivity contribution in [1.29, 1.82) is 0 Å². The van der Waals surface area contributed by atoms with Crippen molar-refractivity contribution in [1.82, 2.24) is 4.72 Å². The molecule has 0 bridgehead atoms. The number of hydrogen-bond acceptors (Lipinski definition) is 4. The molecule has 1 aliphatic rings. The highest BCUT2D eigenvalue weighted by molar-refractivity contribution is 7.89. The second kappa shape index (κ2) is 5.90. The zero-order valence-corrected chi connectivity index (χ0v) is 11.7. The van der Waals surface area contributed by atoms with Gasteiger partial charge in [0.25, 0.3) is 0 Å². The van der Waals surface area contributed by atoms with Crippen LogP contribution in [0.5, 0.6) is 0 Å². The Labute approximate surface area is 117 Å². The lowest BCUT2D eigenvalue weighted by Gasteiger charge is -2.17. The normalized spacial score (nSPS) is 16.4. The molecule has 0 unspecified atom stereocenters. The molecule has 0 heterocycles. The lowest BCUT2D eigenvalue weighted by Crippen LogP contribution is -2.36. The third-order valence-corrected chi connectivity index (χ3v) is 4.80. The average molecular weight is 299 g/mol. The van der Waals surface area contributed by atoms with Crippen LogP contribution in [-0.2, 0) is 27.7 Å². The van der Waals surface area contributed by atoms with Gasteiger partial charge in [0, 0.05) is 6.54 Å². The molecule has 20 heavy (non-hydrogen) atoms.